The number of thioether (sulfide) groups is 1. The molecule has 0 saturated heterocycles. The van der Waals surface area contributed by atoms with Gasteiger partial charge in [0.2, 0.25) is 0 Å². The number of hydrogen-bond donors (Lipinski definition) is 1. The van der Waals surface area contributed by atoms with Crippen molar-refractivity contribution in [3.63, 3.8) is 0 Å². The molecular weight excluding hydrogens is 285 g/mol. The van der Waals surface area contributed by atoms with Crippen molar-refractivity contribution < 1.29 is 13.2 Å². The molecule has 0 spiro atoms. The third kappa shape index (κ3) is 3.45. The number of benzene rings is 2. The van der Waals surface area contributed by atoms with Gasteiger partial charge in [-0.05, 0) is 30.3 Å². The van der Waals surface area contributed by atoms with Crippen molar-refractivity contribution in [2.45, 2.75) is 10.7 Å². The minimum Gasteiger partial charge on any atom is -0.354 e. The molecule has 0 fully saturated rings. The SMILES string of the molecule is N#Cc1cc(F)ccc1Nc1ccccc1SC(F)F. The van der Waals surface area contributed by atoms with Gasteiger partial charge in [0.15, 0.2) is 0 Å². The minimum absolute atomic E-state index is 0.113. The Bertz CT molecular complexity index is 653. The molecule has 0 heterocycles. The van der Waals surface area contributed by atoms with Crippen LogP contribution in [0.25, 0.3) is 0 Å². The van der Waals surface area contributed by atoms with Crippen molar-refractivity contribution in [3.05, 3.63) is 53.8 Å². The highest BCUT2D eigenvalue weighted by Crippen LogP contribution is 2.34. The van der Waals surface area contributed by atoms with E-state index < -0.39 is 11.6 Å². The van der Waals surface area contributed by atoms with E-state index in [1.807, 2.05) is 6.07 Å². The monoisotopic (exact) mass is 294 g/mol. The Labute approximate surface area is 118 Å². The summed E-state index contributed by atoms with van der Waals surface area (Å²) in [7, 11) is 0. The second kappa shape index (κ2) is 6.35. The molecule has 1 N–H and O–H groups in total. The van der Waals surface area contributed by atoms with Gasteiger partial charge in [0.1, 0.15) is 11.9 Å². The molecule has 0 bridgehead atoms. The minimum atomic E-state index is -2.54. The Balaban J connectivity index is 2.33. The molecule has 2 rings (SSSR count). The Hall–Kier alpha value is -2.13. The number of para-hydroxylation sites is 1. The number of rotatable bonds is 4. The van der Waals surface area contributed by atoms with E-state index in [1.165, 1.54) is 12.1 Å². The van der Waals surface area contributed by atoms with Crippen molar-refractivity contribution in [3.8, 4) is 6.07 Å². The number of anilines is 2. The van der Waals surface area contributed by atoms with Crippen LogP contribution in [0.3, 0.4) is 0 Å². The molecule has 0 amide bonds. The summed E-state index contributed by atoms with van der Waals surface area (Å²) in [6.45, 7) is 0. The summed E-state index contributed by atoms with van der Waals surface area (Å²) in [5.41, 5.74) is 0.930. The van der Waals surface area contributed by atoms with Gasteiger partial charge in [-0.3, -0.25) is 0 Å². The van der Waals surface area contributed by atoms with Crippen LogP contribution >= 0.6 is 11.8 Å². The number of alkyl halides is 2. The normalized spacial score (nSPS) is 10.3. The van der Waals surface area contributed by atoms with Crippen molar-refractivity contribution in [2.24, 2.45) is 0 Å². The zero-order valence-corrected chi connectivity index (χ0v) is 10.9. The van der Waals surface area contributed by atoms with E-state index in [1.54, 1.807) is 24.3 Å². The predicted octanol–water partition coefficient (Wildman–Crippen LogP) is 4.76. The summed E-state index contributed by atoms with van der Waals surface area (Å²) >= 11 is 0.408. The van der Waals surface area contributed by atoms with Crippen LogP contribution in [0.5, 0.6) is 0 Å². The molecule has 2 aromatic rings. The zero-order chi connectivity index (χ0) is 14.5. The summed E-state index contributed by atoms with van der Waals surface area (Å²) < 4.78 is 38.0. The largest absolute Gasteiger partial charge is 0.354 e. The molecule has 102 valence electrons. The van der Waals surface area contributed by atoms with E-state index in [0.717, 1.165) is 6.07 Å². The first-order valence-electron chi connectivity index (χ1n) is 5.60. The summed E-state index contributed by atoms with van der Waals surface area (Å²) in [5, 5.41) is 11.8. The lowest BCUT2D eigenvalue weighted by Gasteiger charge is -2.12. The van der Waals surface area contributed by atoms with Crippen molar-refractivity contribution in [1.29, 1.82) is 5.26 Å². The highest BCUT2D eigenvalue weighted by molar-refractivity contribution is 7.99. The molecule has 0 aliphatic rings. The first kappa shape index (κ1) is 14.3. The Morgan fingerprint density at radius 2 is 1.85 bits per heavy atom. The highest BCUT2D eigenvalue weighted by atomic mass is 32.2. The maximum absolute atomic E-state index is 13.0. The van der Waals surface area contributed by atoms with E-state index in [2.05, 4.69) is 5.32 Å². The van der Waals surface area contributed by atoms with Crippen molar-refractivity contribution >= 4 is 23.1 Å². The van der Waals surface area contributed by atoms with Crippen LogP contribution in [0, 0.1) is 17.1 Å². The topological polar surface area (TPSA) is 35.8 Å². The molecule has 2 aromatic carbocycles. The summed E-state index contributed by atoms with van der Waals surface area (Å²) in [6, 6.07) is 12.1. The van der Waals surface area contributed by atoms with Gasteiger partial charge in [-0.25, -0.2) is 4.39 Å². The van der Waals surface area contributed by atoms with Gasteiger partial charge in [-0.2, -0.15) is 14.0 Å². The van der Waals surface area contributed by atoms with Gasteiger partial charge >= 0.3 is 0 Å². The van der Waals surface area contributed by atoms with E-state index in [4.69, 9.17) is 5.26 Å². The first-order valence-corrected chi connectivity index (χ1v) is 6.48. The fraction of sp³-hybridized carbons (Fsp3) is 0.0714. The number of nitriles is 1. The second-order valence-corrected chi connectivity index (χ2v) is 4.83. The van der Waals surface area contributed by atoms with Gasteiger partial charge < -0.3 is 5.32 Å². The van der Waals surface area contributed by atoms with Crippen LogP contribution in [-0.2, 0) is 0 Å². The van der Waals surface area contributed by atoms with Crippen LogP contribution in [-0.4, -0.2) is 5.76 Å². The van der Waals surface area contributed by atoms with Crippen molar-refractivity contribution in [2.75, 3.05) is 5.32 Å². The maximum atomic E-state index is 13.0. The number of hydrogen-bond acceptors (Lipinski definition) is 3. The Morgan fingerprint density at radius 3 is 2.55 bits per heavy atom. The van der Waals surface area contributed by atoms with Crippen LogP contribution in [0.15, 0.2) is 47.4 Å². The van der Waals surface area contributed by atoms with Gasteiger partial charge in [-0.15, -0.1) is 0 Å². The molecule has 6 heteroatoms. The molecule has 0 aliphatic carbocycles. The fourth-order valence-electron chi connectivity index (χ4n) is 1.63. The molecule has 20 heavy (non-hydrogen) atoms. The lowest BCUT2D eigenvalue weighted by Crippen LogP contribution is -1.96. The molecule has 0 atom stereocenters. The fourth-order valence-corrected chi connectivity index (χ4v) is 2.23. The third-order valence-electron chi connectivity index (χ3n) is 2.47. The average molecular weight is 294 g/mol. The average Bonchev–Trinajstić information content (AvgIpc) is 2.42. The smallest absolute Gasteiger partial charge is 0.288 e. The highest BCUT2D eigenvalue weighted by Gasteiger charge is 2.11. The summed E-state index contributed by atoms with van der Waals surface area (Å²) in [4.78, 5) is 0.357. The van der Waals surface area contributed by atoms with Crippen LogP contribution < -0.4 is 5.32 Å². The van der Waals surface area contributed by atoms with Crippen LogP contribution in [0.1, 0.15) is 5.56 Å². The van der Waals surface area contributed by atoms with Gasteiger partial charge in [0, 0.05) is 4.90 Å². The second-order valence-electron chi connectivity index (χ2n) is 3.80. The van der Waals surface area contributed by atoms with E-state index >= 15 is 0 Å². The molecule has 0 saturated carbocycles. The molecule has 0 radical (unpaired) electrons. The molecule has 0 aromatic heterocycles. The predicted molar refractivity (Wildman–Crippen MR) is 72.7 cm³/mol. The van der Waals surface area contributed by atoms with Gasteiger partial charge in [0.25, 0.3) is 5.76 Å². The number of nitrogens with one attached hydrogen (secondary N) is 1. The molecule has 2 nitrogen and oxygen atoms in total. The van der Waals surface area contributed by atoms with Crippen LogP contribution in [0.2, 0.25) is 0 Å². The Kier molecular flexibility index (Phi) is 4.53. The first-order chi connectivity index (χ1) is 9.60. The van der Waals surface area contributed by atoms with Gasteiger partial charge in [0.05, 0.1) is 16.9 Å². The quantitative estimate of drug-likeness (QED) is 0.826. The van der Waals surface area contributed by atoms with E-state index in [0.29, 0.717) is 28.0 Å². The summed E-state index contributed by atoms with van der Waals surface area (Å²) in [5.74, 6) is -3.07. The maximum Gasteiger partial charge on any atom is 0.288 e. The summed E-state index contributed by atoms with van der Waals surface area (Å²) in [6.07, 6.45) is 0. The zero-order valence-electron chi connectivity index (χ0n) is 10.1. The standard InChI is InChI=1S/C14H9F3N2S/c15-10-5-6-11(9(7-10)8-18)19-12-3-1-2-4-13(12)20-14(16)17/h1-7,14,19H. The molecule has 0 aliphatic heterocycles. The number of halogens is 3. The van der Waals surface area contributed by atoms with Gasteiger partial charge in [-0.1, -0.05) is 23.9 Å². The van der Waals surface area contributed by atoms with Crippen LogP contribution in [0.4, 0.5) is 24.5 Å². The molecule has 0 unspecified atom stereocenters. The third-order valence-corrected chi connectivity index (χ3v) is 3.26. The lowest BCUT2D eigenvalue weighted by molar-refractivity contribution is 0.252. The Morgan fingerprint density at radius 1 is 1.10 bits per heavy atom. The van der Waals surface area contributed by atoms with Crippen molar-refractivity contribution in [1.82, 2.24) is 0 Å². The lowest BCUT2D eigenvalue weighted by atomic mass is 10.2. The molecular formula is C14H9F3N2S. The number of nitrogens with zero attached hydrogens (tertiary/aromatic N) is 1. The van der Waals surface area contributed by atoms with E-state index in [-0.39, 0.29) is 5.56 Å². The van der Waals surface area contributed by atoms with E-state index in [9.17, 15) is 13.2 Å².